The number of fused-ring (bicyclic) bond motifs is 1. The van der Waals surface area contributed by atoms with Crippen molar-refractivity contribution in [2.45, 2.75) is 13.8 Å². The number of rotatable bonds is 3. The number of halogens is 1. The second-order valence-corrected chi connectivity index (χ2v) is 4.01. The standard InChI is InChI=1S/C14H15FN2O/c1-3-17(4-2)14(18)11-8-10-6-5-7-12(15)13(10)16-9-11/h5-9H,3-4H2,1-2H3. The molecule has 0 unspecified atom stereocenters. The van der Waals surface area contributed by atoms with Crippen LogP contribution in [0.15, 0.2) is 30.5 Å². The quantitative estimate of drug-likeness (QED) is 0.834. The topological polar surface area (TPSA) is 33.2 Å². The van der Waals surface area contributed by atoms with Crippen LogP contribution < -0.4 is 0 Å². The molecule has 2 aromatic rings. The lowest BCUT2D eigenvalue weighted by Crippen LogP contribution is -2.30. The van der Waals surface area contributed by atoms with Gasteiger partial charge in [-0.3, -0.25) is 9.78 Å². The first kappa shape index (κ1) is 12.5. The number of hydrogen-bond acceptors (Lipinski definition) is 2. The van der Waals surface area contributed by atoms with E-state index >= 15 is 0 Å². The fourth-order valence-corrected chi connectivity index (χ4v) is 1.93. The number of amides is 1. The van der Waals surface area contributed by atoms with Gasteiger partial charge in [0.05, 0.1) is 5.56 Å². The van der Waals surface area contributed by atoms with Crippen LogP contribution in [-0.2, 0) is 0 Å². The van der Waals surface area contributed by atoms with Crippen molar-refractivity contribution in [1.82, 2.24) is 9.88 Å². The Morgan fingerprint density at radius 2 is 2.06 bits per heavy atom. The predicted octanol–water partition coefficient (Wildman–Crippen LogP) is 2.86. The zero-order valence-electron chi connectivity index (χ0n) is 10.5. The molecule has 0 saturated heterocycles. The molecule has 0 radical (unpaired) electrons. The van der Waals surface area contributed by atoms with E-state index in [-0.39, 0.29) is 11.7 Å². The van der Waals surface area contributed by atoms with Gasteiger partial charge in [0.15, 0.2) is 0 Å². The summed E-state index contributed by atoms with van der Waals surface area (Å²) < 4.78 is 13.5. The first-order chi connectivity index (χ1) is 8.67. The van der Waals surface area contributed by atoms with Crippen LogP contribution in [-0.4, -0.2) is 28.9 Å². The summed E-state index contributed by atoms with van der Waals surface area (Å²) in [7, 11) is 0. The highest BCUT2D eigenvalue weighted by molar-refractivity contribution is 5.97. The van der Waals surface area contributed by atoms with Crippen LogP contribution in [0, 0.1) is 5.82 Å². The number of benzene rings is 1. The molecular formula is C14H15FN2O. The van der Waals surface area contributed by atoms with Crippen LogP contribution in [0.5, 0.6) is 0 Å². The molecule has 0 N–H and O–H groups in total. The van der Waals surface area contributed by atoms with Gasteiger partial charge in [0.25, 0.3) is 5.91 Å². The van der Waals surface area contributed by atoms with Gasteiger partial charge in [0.1, 0.15) is 11.3 Å². The van der Waals surface area contributed by atoms with Crippen molar-refractivity contribution in [3.05, 3.63) is 41.8 Å². The molecule has 1 aromatic carbocycles. The zero-order valence-corrected chi connectivity index (χ0v) is 10.5. The van der Waals surface area contributed by atoms with Crippen LogP contribution >= 0.6 is 0 Å². The summed E-state index contributed by atoms with van der Waals surface area (Å²) in [6, 6.07) is 6.42. The summed E-state index contributed by atoms with van der Waals surface area (Å²) in [6.07, 6.45) is 1.44. The lowest BCUT2D eigenvalue weighted by atomic mass is 10.1. The maximum atomic E-state index is 13.5. The van der Waals surface area contributed by atoms with Crippen molar-refractivity contribution < 1.29 is 9.18 Å². The lowest BCUT2D eigenvalue weighted by Gasteiger charge is -2.18. The summed E-state index contributed by atoms with van der Waals surface area (Å²) in [6.45, 7) is 5.15. The number of pyridine rings is 1. The number of hydrogen-bond donors (Lipinski definition) is 0. The largest absolute Gasteiger partial charge is 0.339 e. The number of para-hydroxylation sites is 1. The number of nitrogens with zero attached hydrogens (tertiary/aromatic N) is 2. The van der Waals surface area contributed by atoms with Crippen LogP contribution in [0.3, 0.4) is 0 Å². The van der Waals surface area contributed by atoms with Crippen LogP contribution in [0.4, 0.5) is 4.39 Å². The minimum Gasteiger partial charge on any atom is -0.339 e. The van der Waals surface area contributed by atoms with E-state index in [0.717, 1.165) is 0 Å². The van der Waals surface area contributed by atoms with Gasteiger partial charge in [-0.15, -0.1) is 0 Å². The first-order valence-corrected chi connectivity index (χ1v) is 6.01. The summed E-state index contributed by atoms with van der Waals surface area (Å²) >= 11 is 0. The third-order valence-electron chi connectivity index (χ3n) is 2.96. The Bertz CT molecular complexity index is 579. The van der Waals surface area contributed by atoms with Gasteiger partial charge in [-0.2, -0.15) is 0 Å². The molecule has 0 spiro atoms. The highest BCUT2D eigenvalue weighted by Crippen LogP contribution is 2.17. The predicted molar refractivity (Wildman–Crippen MR) is 69.0 cm³/mol. The van der Waals surface area contributed by atoms with Gasteiger partial charge in [-0.1, -0.05) is 12.1 Å². The molecule has 2 rings (SSSR count). The molecule has 0 fully saturated rings. The SMILES string of the molecule is CCN(CC)C(=O)c1cnc2c(F)cccc2c1. The maximum absolute atomic E-state index is 13.5. The molecule has 94 valence electrons. The van der Waals surface area contributed by atoms with Crippen molar-refractivity contribution in [1.29, 1.82) is 0 Å². The Labute approximate surface area is 105 Å². The Kier molecular flexibility index (Phi) is 3.55. The Morgan fingerprint density at radius 3 is 2.72 bits per heavy atom. The van der Waals surface area contributed by atoms with E-state index < -0.39 is 0 Å². The molecular weight excluding hydrogens is 231 g/mol. The van der Waals surface area contributed by atoms with Gasteiger partial charge in [0, 0.05) is 24.7 Å². The van der Waals surface area contributed by atoms with E-state index in [1.54, 1.807) is 23.1 Å². The van der Waals surface area contributed by atoms with Gasteiger partial charge in [-0.05, 0) is 26.0 Å². The molecule has 3 nitrogen and oxygen atoms in total. The fraction of sp³-hybridized carbons (Fsp3) is 0.286. The monoisotopic (exact) mass is 246 g/mol. The lowest BCUT2D eigenvalue weighted by molar-refractivity contribution is 0.0773. The van der Waals surface area contributed by atoms with Gasteiger partial charge in [-0.25, -0.2) is 4.39 Å². The number of aromatic nitrogens is 1. The van der Waals surface area contributed by atoms with E-state index in [1.807, 2.05) is 13.8 Å². The second-order valence-electron chi connectivity index (χ2n) is 4.01. The molecule has 0 saturated carbocycles. The van der Waals surface area contributed by atoms with Crippen LogP contribution in [0.25, 0.3) is 10.9 Å². The smallest absolute Gasteiger partial charge is 0.255 e. The average Bonchev–Trinajstić information content (AvgIpc) is 2.40. The van der Waals surface area contributed by atoms with Crippen LogP contribution in [0.1, 0.15) is 24.2 Å². The molecule has 0 aliphatic heterocycles. The fourth-order valence-electron chi connectivity index (χ4n) is 1.93. The van der Waals surface area contributed by atoms with E-state index in [9.17, 15) is 9.18 Å². The Hall–Kier alpha value is -1.97. The zero-order chi connectivity index (χ0) is 13.1. The molecule has 1 aromatic heterocycles. The van der Waals surface area contributed by atoms with Crippen molar-refractivity contribution >= 4 is 16.8 Å². The van der Waals surface area contributed by atoms with E-state index in [0.29, 0.717) is 29.6 Å². The highest BCUT2D eigenvalue weighted by Gasteiger charge is 2.13. The van der Waals surface area contributed by atoms with Gasteiger partial charge >= 0.3 is 0 Å². The molecule has 1 amide bonds. The van der Waals surface area contributed by atoms with Crippen molar-refractivity contribution in [2.24, 2.45) is 0 Å². The molecule has 1 heterocycles. The summed E-state index contributed by atoms with van der Waals surface area (Å²) in [5, 5.41) is 0.646. The molecule has 0 aliphatic rings. The van der Waals surface area contributed by atoms with Gasteiger partial charge < -0.3 is 4.90 Å². The molecule has 0 aliphatic carbocycles. The highest BCUT2D eigenvalue weighted by atomic mass is 19.1. The van der Waals surface area contributed by atoms with Crippen molar-refractivity contribution in [2.75, 3.05) is 13.1 Å². The maximum Gasteiger partial charge on any atom is 0.255 e. The number of carbonyl (C=O) groups excluding carboxylic acids is 1. The molecule has 18 heavy (non-hydrogen) atoms. The second kappa shape index (κ2) is 5.12. The van der Waals surface area contributed by atoms with E-state index in [4.69, 9.17) is 0 Å². The molecule has 0 bridgehead atoms. The van der Waals surface area contributed by atoms with Gasteiger partial charge in [0.2, 0.25) is 0 Å². The summed E-state index contributed by atoms with van der Waals surface area (Å²) in [5.74, 6) is -0.437. The minimum absolute atomic E-state index is 0.0707. The number of carbonyl (C=O) groups is 1. The minimum atomic E-state index is -0.366. The average molecular weight is 246 g/mol. The molecule has 0 atom stereocenters. The summed E-state index contributed by atoms with van der Waals surface area (Å²) in [5.41, 5.74) is 0.797. The first-order valence-electron chi connectivity index (χ1n) is 6.01. The van der Waals surface area contributed by atoms with Crippen molar-refractivity contribution in [3.63, 3.8) is 0 Å². The van der Waals surface area contributed by atoms with Crippen LogP contribution in [0.2, 0.25) is 0 Å². The third kappa shape index (κ3) is 2.18. The normalized spacial score (nSPS) is 10.6. The van der Waals surface area contributed by atoms with E-state index in [1.165, 1.54) is 12.3 Å². The van der Waals surface area contributed by atoms with E-state index in [2.05, 4.69) is 4.98 Å². The third-order valence-corrected chi connectivity index (χ3v) is 2.96. The van der Waals surface area contributed by atoms with Crippen molar-refractivity contribution in [3.8, 4) is 0 Å². The Morgan fingerprint density at radius 1 is 1.33 bits per heavy atom. The summed E-state index contributed by atoms with van der Waals surface area (Å²) in [4.78, 5) is 17.9. The molecule has 4 heteroatoms. The Balaban J connectivity index is 2.44.